The van der Waals surface area contributed by atoms with Crippen LogP contribution in [0.4, 0.5) is 5.69 Å². The second-order valence-corrected chi connectivity index (χ2v) is 12.8. The minimum Gasteiger partial charge on any atom is -0.495 e. The first kappa shape index (κ1) is 33.6. The van der Waals surface area contributed by atoms with Crippen LogP contribution in [-0.4, -0.2) is 51.4 Å². The van der Waals surface area contributed by atoms with Gasteiger partial charge in [-0.25, -0.2) is 8.42 Å². The van der Waals surface area contributed by atoms with Crippen LogP contribution in [0.2, 0.25) is 5.02 Å². The molecule has 10 heteroatoms. The zero-order chi connectivity index (χ0) is 32.2. The van der Waals surface area contributed by atoms with E-state index in [9.17, 15) is 18.0 Å². The Balaban J connectivity index is 1.80. The summed E-state index contributed by atoms with van der Waals surface area (Å²) in [5.41, 5.74) is 1.80. The Hall–Kier alpha value is -4.34. The monoisotopic (exact) mass is 647 g/mol. The lowest BCUT2D eigenvalue weighted by molar-refractivity contribution is -0.140. The van der Waals surface area contributed by atoms with Gasteiger partial charge in [0.05, 0.1) is 17.7 Å². The minimum absolute atomic E-state index is 0.0195. The Morgan fingerprint density at radius 3 is 2.11 bits per heavy atom. The highest BCUT2D eigenvalue weighted by atomic mass is 35.5. The van der Waals surface area contributed by atoms with Gasteiger partial charge < -0.3 is 15.0 Å². The van der Waals surface area contributed by atoms with E-state index in [-0.39, 0.29) is 35.2 Å². The van der Waals surface area contributed by atoms with Gasteiger partial charge in [0.1, 0.15) is 18.3 Å². The molecule has 2 amide bonds. The number of carbonyl (C=O) groups is 2. The van der Waals surface area contributed by atoms with Crippen LogP contribution in [0.1, 0.15) is 30.9 Å². The molecule has 0 unspecified atom stereocenters. The molecule has 45 heavy (non-hydrogen) atoms. The Bertz CT molecular complexity index is 1650. The number of para-hydroxylation sites is 2. The fraction of sp³-hybridized carbons (Fsp3) is 0.257. The first-order valence-corrected chi connectivity index (χ1v) is 16.6. The van der Waals surface area contributed by atoms with Gasteiger partial charge in [-0.2, -0.15) is 0 Å². The van der Waals surface area contributed by atoms with E-state index in [0.29, 0.717) is 11.6 Å². The number of sulfonamides is 1. The van der Waals surface area contributed by atoms with Crippen molar-refractivity contribution in [3.63, 3.8) is 0 Å². The minimum atomic E-state index is -4.23. The number of amides is 2. The molecule has 1 atom stereocenters. The predicted octanol–water partition coefficient (Wildman–Crippen LogP) is 6.10. The standard InChI is InChI=1S/C35H38ClN3O5S/c1-3-4-23-37-35(41)32(24-27-13-7-5-8-14-27)38(25-28-19-21-29(36)22-20-28)34(40)26-39(31-17-11-12-18-33(31)44-2)45(42,43)30-15-9-6-10-16-30/h5-22,32H,3-4,23-26H2,1-2H3,(H,37,41)/t32-/m0/s1. The number of nitrogens with one attached hydrogen (secondary N) is 1. The van der Waals surface area contributed by atoms with Crippen LogP contribution in [-0.2, 0) is 32.6 Å². The fourth-order valence-corrected chi connectivity index (χ4v) is 6.49. The summed E-state index contributed by atoms with van der Waals surface area (Å²) in [4.78, 5) is 29.8. The number of carbonyl (C=O) groups excluding carboxylic acids is 2. The molecule has 0 saturated carbocycles. The summed E-state index contributed by atoms with van der Waals surface area (Å²) in [7, 11) is -2.79. The number of ether oxygens (including phenoxy) is 1. The summed E-state index contributed by atoms with van der Waals surface area (Å²) >= 11 is 6.15. The van der Waals surface area contributed by atoms with Crippen LogP contribution < -0.4 is 14.4 Å². The average Bonchev–Trinajstić information content (AvgIpc) is 3.06. The molecule has 0 spiro atoms. The van der Waals surface area contributed by atoms with Crippen molar-refractivity contribution in [1.29, 1.82) is 0 Å². The molecule has 0 aliphatic rings. The molecule has 0 fully saturated rings. The summed E-state index contributed by atoms with van der Waals surface area (Å²) in [5, 5.41) is 3.52. The van der Waals surface area contributed by atoms with Gasteiger partial charge in [-0.3, -0.25) is 13.9 Å². The van der Waals surface area contributed by atoms with Gasteiger partial charge in [0, 0.05) is 24.5 Å². The van der Waals surface area contributed by atoms with Crippen molar-refractivity contribution in [3.8, 4) is 5.75 Å². The van der Waals surface area contributed by atoms with Crippen molar-refractivity contribution in [2.75, 3.05) is 24.5 Å². The summed E-state index contributed by atoms with van der Waals surface area (Å²) in [5.74, 6) is -0.585. The lowest BCUT2D eigenvalue weighted by Gasteiger charge is -2.34. The molecule has 4 aromatic rings. The average molecular weight is 648 g/mol. The maximum absolute atomic E-state index is 14.5. The van der Waals surface area contributed by atoms with Crippen LogP contribution in [0.15, 0.2) is 114 Å². The highest BCUT2D eigenvalue weighted by Gasteiger charge is 2.35. The highest BCUT2D eigenvalue weighted by Crippen LogP contribution is 2.32. The van der Waals surface area contributed by atoms with Crippen LogP contribution in [0, 0.1) is 0 Å². The lowest BCUT2D eigenvalue weighted by Crippen LogP contribution is -2.53. The normalized spacial score (nSPS) is 11.8. The van der Waals surface area contributed by atoms with E-state index in [4.69, 9.17) is 16.3 Å². The van der Waals surface area contributed by atoms with Gasteiger partial charge in [-0.1, -0.05) is 97.7 Å². The van der Waals surface area contributed by atoms with Gasteiger partial charge in [0.2, 0.25) is 11.8 Å². The molecule has 8 nitrogen and oxygen atoms in total. The topological polar surface area (TPSA) is 96.0 Å². The Kier molecular flexibility index (Phi) is 12.0. The number of methoxy groups -OCH3 is 1. The molecule has 0 radical (unpaired) electrons. The molecule has 0 saturated heterocycles. The first-order chi connectivity index (χ1) is 21.7. The van der Waals surface area contributed by atoms with E-state index in [0.717, 1.165) is 28.3 Å². The first-order valence-electron chi connectivity index (χ1n) is 14.8. The van der Waals surface area contributed by atoms with E-state index in [1.807, 2.05) is 37.3 Å². The number of nitrogens with zero attached hydrogens (tertiary/aromatic N) is 2. The Morgan fingerprint density at radius 2 is 1.47 bits per heavy atom. The largest absolute Gasteiger partial charge is 0.495 e. The van der Waals surface area contributed by atoms with E-state index < -0.39 is 28.5 Å². The molecule has 0 bridgehead atoms. The highest BCUT2D eigenvalue weighted by molar-refractivity contribution is 7.92. The second kappa shape index (κ2) is 16.1. The van der Waals surface area contributed by atoms with Crippen LogP contribution >= 0.6 is 11.6 Å². The molecular weight excluding hydrogens is 610 g/mol. The molecule has 0 heterocycles. The molecule has 0 aromatic heterocycles. The van der Waals surface area contributed by atoms with Crippen LogP contribution in [0.3, 0.4) is 0 Å². The van der Waals surface area contributed by atoms with Crippen molar-refractivity contribution >= 4 is 39.1 Å². The third kappa shape index (κ3) is 8.86. The quantitative estimate of drug-likeness (QED) is 0.157. The number of unbranched alkanes of at least 4 members (excludes halogenated alkanes) is 1. The van der Waals surface area contributed by atoms with Crippen molar-refractivity contribution in [2.45, 2.75) is 43.7 Å². The van der Waals surface area contributed by atoms with Crippen molar-refractivity contribution in [1.82, 2.24) is 10.2 Å². The fourth-order valence-electron chi connectivity index (χ4n) is 4.92. The predicted molar refractivity (Wildman–Crippen MR) is 178 cm³/mol. The smallest absolute Gasteiger partial charge is 0.264 e. The van der Waals surface area contributed by atoms with Gasteiger partial charge in [-0.05, 0) is 53.9 Å². The van der Waals surface area contributed by atoms with E-state index in [1.165, 1.54) is 24.1 Å². The molecule has 1 N–H and O–H groups in total. The summed E-state index contributed by atoms with van der Waals surface area (Å²) in [6.07, 6.45) is 1.91. The summed E-state index contributed by atoms with van der Waals surface area (Å²) in [6.45, 7) is 1.97. The van der Waals surface area contributed by atoms with E-state index >= 15 is 0 Å². The molecular formula is C35H38ClN3O5S. The third-order valence-electron chi connectivity index (χ3n) is 7.33. The molecule has 4 rings (SSSR count). The zero-order valence-electron chi connectivity index (χ0n) is 25.4. The van der Waals surface area contributed by atoms with Crippen molar-refractivity contribution in [3.05, 3.63) is 125 Å². The van der Waals surface area contributed by atoms with E-state index in [2.05, 4.69) is 5.32 Å². The molecule has 0 aliphatic heterocycles. The van der Waals surface area contributed by atoms with Crippen molar-refractivity contribution < 1.29 is 22.7 Å². The lowest BCUT2D eigenvalue weighted by atomic mass is 10.0. The number of rotatable bonds is 15. The number of benzene rings is 4. The van der Waals surface area contributed by atoms with E-state index in [1.54, 1.807) is 66.7 Å². The Labute approximate surface area is 270 Å². The van der Waals surface area contributed by atoms with Gasteiger partial charge in [0.25, 0.3) is 10.0 Å². The number of anilines is 1. The Morgan fingerprint density at radius 1 is 0.844 bits per heavy atom. The second-order valence-electron chi connectivity index (χ2n) is 10.5. The SMILES string of the molecule is CCCCNC(=O)[C@H](Cc1ccccc1)N(Cc1ccc(Cl)cc1)C(=O)CN(c1ccccc1OC)S(=O)(=O)c1ccccc1. The van der Waals surface area contributed by atoms with Crippen LogP contribution in [0.25, 0.3) is 0 Å². The number of hydrogen-bond acceptors (Lipinski definition) is 5. The molecule has 0 aliphatic carbocycles. The summed E-state index contributed by atoms with van der Waals surface area (Å²) < 4.78 is 34.8. The zero-order valence-corrected chi connectivity index (χ0v) is 27.0. The molecule has 236 valence electrons. The van der Waals surface area contributed by atoms with Gasteiger partial charge in [0.15, 0.2) is 0 Å². The molecule has 4 aromatic carbocycles. The van der Waals surface area contributed by atoms with Gasteiger partial charge >= 0.3 is 0 Å². The third-order valence-corrected chi connectivity index (χ3v) is 9.36. The summed E-state index contributed by atoms with van der Waals surface area (Å²) in [6, 6.07) is 30.1. The number of halogens is 1. The maximum atomic E-state index is 14.5. The number of hydrogen-bond donors (Lipinski definition) is 1. The maximum Gasteiger partial charge on any atom is 0.264 e. The van der Waals surface area contributed by atoms with Crippen LogP contribution in [0.5, 0.6) is 5.75 Å². The van der Waals surface area contributed by atoms with Crippen molar-refractivity contribution in [2.24, 2.45) is 0 Å². The van der Waals surface area contributed by atoms with Gasteiger partial charge in [-0.15, -0.1) is 0 Å².